The summed E-state index contributed by atoms with van der Waals surface area (Å²) < 4.78 is 23.4. The summed E-state index contributed by atoms with van der Waals surface area (Å²) in [5.41, 5.74) is 0.831. The summed E-state index contributed by atoms with van der Waals surface area (Å²) >= 11 is 3.11. The number of hydrogen-bond donors (Lipinski definition) is 0. The van der Waals surface area contributed by atoms with Crippen molar-refractivity contribution in [2.24, 2.45) is 5.10 Å². The van der Waals surface area contributed by atoms with E-state index in [-0.39, 0.29) is 11.8 Å². The monoisotopic (exact) mass is 444 g/mol. The zero-order chi connectivity index (χ0) is 20.9. The summed E-state index contributed by atoms with van der Waals surface area (Å²) in [6.07, 6.45) is 0.601. The minimum Gasteiger partial charge on any atom is -0.482 e. The molecule has 1 amide bonds. The van der Waals surface area contributed by atoms with Crippen LogP contribution in [0.4, 0.5) is 4.39 Å². The van der Waals surface area contributed by atoms with Gasteiger partial charge in [-0.1, -0.05) is 18.2 Å². The molecule has 1 atom stereocenters. The van der Waals surface area contributed by atoms with E-state index in [4.69, 9.17) is 9.47 Å². The smallest absolute Gasteiger partial charge is 0.344 e. The van der Waals surface area contributed by atoms with E-state index in [9.17, 15) is 14.0 Å². The highest BCUT2D eigenvalue weighted by atomic mass is 32.1. The number of thiophene rings is 2. The second kappa shape index (κ2) is 9.19. The van der Waals surface area contributed by atoms with Crippen molar-refractivity contribution in [1.82, 2.24) is 5.01 Å². The van der Waals surface area contributed by atoms with Gasteiger partial charge in [0.1, 0.15) is 11.6 Å². The van der Waals surface area contributed by atoms with Gasteiger partial charge in [0.2, 0.25) is 0 Å². The number of amides is 1. The van der Waals surface area contributed by atoms with Crippen molar-refractivity contribution < 1.29 is 23.5 Å². The van der Waals surface area contributed by atoms with E-state index in [2.05, 4.69) is 5.10 Å². The predicted octanol–water partition coefficient (Wildman–Crippen LogP) is 4.25. The molecule has 154 valence electrons. The highest BCUT2D eigenvalue weighted by Gasteiger charge is 2.34. The Hall–Kier alpha value is -3.04. The van der Waals surface area contributed by atoms with Gasteiger partial charge < -0.3 is 9.47 Å². The molecule has 0 radical (unpaired) electrons. The Morgan fingerprint density at radius 2 is 1.93 bits per heavy atom. The standard InChI is InChI=1S/C21H17FN2O4S2/c22-14-4-1-5-15(10-14)27-13-21(26)28-12-20(25)24-17(19-7-3-9-30-19)11-16(23-24)18-6-2-8-29-18/h1-10,17H,11-13H2. The molecule has 0 saturated heterocycles. The van der Waals surface area contributed by atoms with Crippen LogP contribution in [0.5, 0.6) is 5.75 Å². The lowest BCUT2D eigenvalue weighted by atomic mass is 10.1. The summed E-state index contributed by atoms with van der Waals surface area (Å²) in [4.78, 5) is 26.7. The molecule has 1 unspecified atom stereocenters. The van der Waals surface area contributed by atoms with E-state index in [1.807, 2.05) is 35.0 Å². The highest BCUT2D eigenvalue weighted by Crippen LogP contribution is 2.35. The minimum absolute atomic E-state index is 0.209. The predicted molar refractivity (Wildman–Crippen MR) is 112 cm³/mol. The summed E-state index contributed by atoms with van der Waals surface area (Å²) in [6.45, 7) is -0.872. The molecule has 3 aromatic rings. The van der Waals surface area contributed by atoms with E-state index < -0.39 is 30.9 Å². The van der Waals surface area contributed by atoms with Crippen molar-refractivity contribution in [2.75, 3.05) is 13.2 Å². The first kappa shape index (κ1) is 20.2. The average Bonchev–Trinajstić information content (AvgIpc) is 3.50. The third-order valence-corrected chi connectivity index (χ3v) is 6.24. The maximum atomic E-state index is 13.1. The lowest BCUT2D eigenvalue weighted by Gasteiger charge is -2.20. The molecule has 6 nitrogen and oxygen atoms in total. The number of ether oxygens (including phenoxy) is 2. The Kier molecular flexibility index (Phi) is 6.20. The Morgan fingerprint density at radius 3 is 2.67 bits per heavy atom. The molecule has 0 bridgehead atoms. The van der Waals surface area contributed by atoms with Gasteiger partial charge in [0.15, 0.2) is 13.2 Å². The SMILES string of the molecule is O=C(COc1cccc(F)c1)OCC(=O)N1N=C(c2cccs2)CC1c1cccs1. The molecule has 2 aromatic heterocycles. The Balaban J connectivity index is 1.37. The van der Waals surface area contributed by atoms with Gasteiger partial charge >= 0.3 is 5.97 Å². The molecule has 4 rings (SSSR count). The molecular formula is C21H17FN2O4S2. The van der Waals surface area contributed by atoms with Crippen LogP contribution < -0.4 is 4.74 Å². The molecule has 0 saturated carbocycles. The Bertz CT molecular complexity index is 1050. The maximum absolute atomic E-state index is 13.1. The third-order valence-electron chi connectivity index (χ3n) is 4.35. The van der Waals surface area contributed by atoms with Crippen LogP contribution in [0.3, 0.4) is 0 Å². The molecule has 0 spiro atoms. The number of hydrazone groups is 1. The first-order valence-corrected chi connectivity index (χ1v) is 10.9. The summed E-state index contributed by atoms with van der Waals surface area (Å²) in [5, 5.41) is 9.80. The molecule has 1 aromatic carbocycles. The lowest BCUT2D eigenvalue weighted by Crippen LogP contribution is -2.31. The van der Waals surface area contributed by atoms with Crippen LogP contribution in [-0.4, -0.2) is 35.8 Å². The number of halogens is 1. The van der Waals surface area contributed by atoms with E-state index in [1.165, 1.54) is 23.2 Å². The summed E-state index contributed by atoms with van der Waals surface area (Å²) in [5.74, 6) is -1.40. The van der Waals surface area contributed by atoms with Crippen LogP contribution in [0, 0.1) is 5.82 Å². The van der Waals surface area contributed by atoms with Crippen molar-refractivity contribution in [3.8, 4) is 5.75 Å². The van der Waals surface area contributed by atoms with Gasteiger partial charge in [0.25, 0.3) is 5.91 Å². The normalized spacial score (nSPS) is 15.7. The van der Waals surface area contributed by atoms with Crippen LogP contribution in [0.2, 0.25) is 0 Å². The zero-order valence-corrected chi connectivity index (χ0v) is 17.3. The maximum Gasteiger partial charge on any atom is 0.344 e. The fraction of sp³-hybridized carbons (Fsp3) is 0.190. The van der Waals surface area contributed by atoms with E-state index in [0.717, 1.165) is 21.5 Å². The van der Waals surface area contributed by atoms with Gasteiger partial charge in [-0.15, -0.1) is 22.7 Å². The molecule has 9 heteroatoms. The first-order valence-electron chi connectivity index (χ1n) is 9.11. The minimum atomic E-state index is -0.720. The fourth-order valence-electron chi connectivity index (χ4n) is 2.98. The van der Waals surface area contributed by atoms with E-state index >= 15 is 0 Å². The fourth-order valence-corrected chi connectivity index (χ4v) is 4.52. The molecule has 1 aliphatic rings. The van der Waals surface area contributed by atoms with Crippen LogP contribution >= 0.6 is 22.7 Å². The van der Waals surface area contributed by atoms with Crippen molar-refractivity contribution in [3.63, 3.8) is 0 Å². The number of carbonyl (C=O) groups is 2. The van der Waals surface area contributed by atoms with Gasteiger partial charge in [-0.2, -0.15) is 5.10 Å². The second-order valence-electron chi connectivity index (χ2n) is 6.40. The molecule has 0 aliphatic carbocycles. The first-order chi connectivity index (χ1) is 14.6. The van der Waals surface area contributed by atoms with Crippen molar-refractivity contribution in [1.29, 1.82) is 0 Å². The molecular weight excluding hydrogens is 427 g/mol. The number of esters is 1. The second-order valence-corrected chi connectivity index (χ2v) is 8.33. The molecule has 30 heavy (non-hydrogen) atoms. The highest BCUT2D eigenvalue weighted by molar-refractivity contribution is 7.12. The topological polar surface area (TPSA) is 68.2 Å². The van der Waals surface area contributed by atoms with Crippen molar-refractivity contribution in [3.05, 3.63) is 74.9 Å². The lowest BCUT2D eigenvalue weighted by molar-refractivity contribution is -0.154. The summed E-state index contributed by atoms with van der Waals surface area (Å²) in [6, 6.07) is 13.0. The van der Waals surface area contributed by atoms with Gasteiger partial charge in [0.05, 0.1) is 16.6 Å². The number of hydrogen-bond acceptors (Lipinski definition) is 7. The van der Waals surface area contributed by atoms with Crippen LogP contribution in [-0.2, 0) is 14.3 Å². The average molecular weight is 445 g/mol. The van der Waals surface area contributed by atoms with Crippen LogP contribution in [0.15, 0.2) is 64.4 Å². The number of carbonyl (C=O) groups excluding carboxylic acids is 2. The van der Waals surface area contributed by atoms with Gasteiger partial charge in [0, 0.05) is 17.4 Å². The largest absolute Gasteiger partial charge is 0.482 e. The molecule has 0 fully saturated rings. The summed E-state index contributed by atoms with van der Waals surface area (Å²) in [7, 11) is 0. The molecule has 0 N–H and O–H groups in total. The molecule has 1 aliphatic heterocycles. The van der Waals surface area contributed by atoms with Gasteiger partial charge in [-0.3, -0.25) is 4.79 Å². The van der Waals surface area contributed by atoms with Crippen LogP contribution in [0.1, 0.15) is 22.2 Å². The van der Waals surface area contributed by atoms with E-state index in [1.54, 1.807) is 22.7 Å². The molecule has 3 heterocycles. The Morgan fingerprint density at radius 1 is 1.10 bits per heavy atom. The Labute approximate surface area is 180 Å². The van der Waals surface area contributed by atoms with Crippen LogP contribution in [0.25, 0.3) is 0 Å². The number of benzene rings is 1. The van der Waals surface area contributed by atoms with Crippen molar-refractivity contribution >= 4 is 40.3 Å². The third kappa shape index (κ3) is 4.74. The van der Waals surface area contributed by atoms with E-state index in [0.29, 0.717) is 6.42 Å². The zero-order valence-electron chi connectivity index (χ0n) is 15.7. The number of nitrogens with zero attached hydrogens (tertiary/aromatic N) is 2. The van der Waals surface area contributed by atoms with Gasteiger partial charge in [-0.25, -0.2) is 14.2 Å². The quantitative estimate of drug-likeness (QED) is 0.511. The van der Waals surface area contributed by atoms with Crippen molar-refractivity contribution in [2.45, 2.75) is 12.5 Å². The number of rotatable bonds is 7. The van der Waals surface area contributed by atoms with Gasteiger partial charge in [-0.05, 0) is 35.0 Å².